The molecule has 0 atom stereocenters. The van der Waals surface area contributed by atoms with Gasteiger partial charge in [0.2, 0.25) is 5.95 Å². The lowest BCUT2D eigenvalue weighted by Gasteiger charge is -2.29. The smallest absolute Gasteiger partial charge is 0.225 e. The normalized spacial score (nSPS) is 19.0. The molecule has 2 aromatic rings. The van der Waals surface area contributed by atoms with Crippen molar-refractivity contribution < 1.29 is 0 Å². The molecule has 0 bridgehead atoms. The molecule has 0 unspecified atom stereocenters. The van der Waals surface area contributed by atoms with E-state index in [1.165, 1.54) is 51.4 Å². The van der Waals surface area contributed by atoms with Gasteiger partial charge in [-0.25, -0.2) is 4.98 Å². The van der Waals surface area contributed by atoms with Crippen molar-refractivity contribution in [1.82, 2.24) is 9.97 Å². The van der Waals surface area contributed by atoms with Crippen molar-refractivity contribution in [3.8, 4) is 11.3 Å². The van der Waals surface area contributed by atoms with E-state index in [0.29, 0.717) is 6.04 Å². The summed E-state index contributed by atoms with van der Waals surface area (Å²) in [6.45, 7) is 2.21. The van der Waals surface area contributed by atoms with E-state index < -0.39 is 0 Å². The molecule has 2 heterocycles. The molecule has 132 valence electrons. The van der Waals surface area contributed by atoms with E-state index in [1.54, 1.807) is 0 Å². The van der Waals surface area contributed by atoms with Gasteiger partial charge in [0.25, 0.3) is 0 Å². The number of anilines is 2. The van der Waals surface area contributed by atoms with Crippen LogP contribution in [0.25, 0.3) is 11.3 Å². The fourth-order valence-electron chi connectivity index (χ4n) is 3.97. The van der Waals surface area contributed by atoms with Crippen LogP contribution in [-0.2, 0) is 0 Å². The zero-order chi connectivity index (χ0) is 16.9. The predicted octanol–water partition coefficient (Wildman–Crippen LogP) is 4.88. The van der Waals surface area contributed by atoms with Crippen molar-refractivity contribution in [3.05, 3.63) is 36.4 Å². The summed E-state index contributed by atoms with van der Waals surface area (Å²) in [5.41, 5.74) is 2.18. The summed E-state index contributed by atoms with van der Waals surface area (Å²) >= 11 is 0. The van der Waals surface area contributed by atoms with Gasteiger partial charge in [0.05, 0.1) is 5.69 Å². The fourth-order valence-corrected chi connectivity index (χ4v) is 3.97. The van der Waals surface area contributed by atoms with E-state index >= 15 is 0 Å². The summed E-state index contributed by atoms with van der Waals surface area (Å²) in [7, 11) is 0. The first-order valence-corrected chi connectivity index (χ1v) is 9.84. The summed E-state index contributed by atoms with van der Waals surface area (Å²) < 4.78 is 0. The highest BCUT2D eigenvalue weighted by Gasteiger charge is 2.18. The van der Waals surface area contributed by atoms with Crippen LogP contribution < -0.4 is 10.2 Å². The van der Waals surface area contributed by atoms with E-state index in [9.17, 15) is 0 Å². The van der Waals surface area contributed by atoms with Crippen molar-refractivity contribution in [3.63, 3.8) is 0 Å². The molecule has 2 aliphatic rings. The van der Waals surface area contributed by atoms with Gasteiger partial charge in [-0.05, 0) is 32.1 Å². The Morgan fingerprint density at radius 1 is 0.840 bits per heavy atom. The quantitative estimate of drug-likeness (QED) is 0.864. The van der Waals surface area contributed by atoms with Crippen molar-refractivity contribution in [1.29, 1.82) is 0 Å². The maximum Gasteiger partial charge on any atom is 0.225 e. The number of rotatable bonds is 4. The Bertz CT molecular complexity index is 674. The van der Waals surface area contributed by atoms with Gasteiger partial charge in [-0.1, -0.05) is 49.6 Å². The van der Waals surface area contributed by atoms with Gasteiger partial charge in [-0.15, -0.1) is 0 Å². The predicted molar refractivity (Wildman–Crippen MR) is 104 cm³/mol. The average Bonchev–Trinajstić information content (AvgIpc) is 2.70. The van der Waals surface area contributed by atoms with Crippen LogP contribution in [0.5, 0.6) is 0 Å². The highest BCUT2D eigenvalue weighted by atomic mass is 15.2. The summed E-state index contributed by atoms with van der Waals surface area (Å²) in [5, 5.41) is 3.62. The molecule has 1 aliphatic carbocycles. The van der Waals surface area contributed by atoms with Gasteiger partial charge < -0.3 is 10.2 Å². The van der Waals surface area contributed by atoms with Crippen LogP contribution in [0.1, 0.15) is 51.4 Å². The first-order chi connectivity index (χ1) is 12.4. The molecule has 1 N–H and O–H groups in total. The zero-order valence-corrected chi connectivity index (χ0v) is 15.0. The summed E-state index contributed by atoms with van der Waals surface area (Å²) in [5.74, 6) is 1.88. The number of nitrogens with one attached hydrogen (secondary N) is 1. The molecular weight excluding hydrogens is 308 g/mol. The standard InChI is InChI=1S/C21H28N4/c1-4-10-17(11-5-1)19-16-20(25-14-8-3-9-15-25)24-21(23-19)22-18-12-6-2-7-13-18/h1,4-5,10-11,16,18H,2-3,6-9,12-15H2,(H,22,23,24). The molecule has 25 heavy (non-hydrogen) atoms. The van der Waals surface area contributed by atoms with E-state index in [1.807, 2.05) is 0 Å². The fraction of sp³-hybridized carbons (Fsp3) is 0.524. The molecule has 4 nitrogen and oxygen atoms in total. The molecule has 2 fully saturated rings. The molecule has 4 rings (SSSR count). The van der Waals surface area contributed by atoms with Crippen molar-refractivity contribution >= 4 is 11.8 Å². The van der Waals surface area contributed by atoms with E-state index in [4.69, 9.17) is 9.97 Å². The lowest BCUT2D eigenvalue weighted by atomic mass is 9.96. The zero-order valence-electron chi connectivity index (χ0n) is 15.0. The first kappa shape index (κ1) is 16.4. The largest absolute Gasteiger partial charge is 0.356 e. The van der Waals surface area contributed by atoms with Gasteiger partial charge in [0, 0.05) is 30.8 Å². The molecule has 1 aromatic heterocycles. The minimum atomic E-state index is 0.522. The highest BCUT2D eigenvalue weighted by Crippen LogP contribution is 2.27. The number of nitrogens with zero attached hydrogens (tertiary/aromatic N) is 3. The van der Waals surface area contributed by atoms with Gasteiger partial charge in [-0.3, -0.25) is 0 Å². The van der Waals surface area contributed by atoms with Crippen molar-refractivity contribution in [2.24, 2.45) is 0 Å². The second-order valence-corrected chi connectivity index (χ2v) is 7.33. The Hall–Kier alpha value is -2.10. The summed E-state index contributed by atoms with van der Waals surface area (Å²) in [4.78, 5) is 12.1. The third-order valence-corrected chi connectivity index (χ3v) is 5.40. The molecular formula is C21H28N4. The van der Waals surface area contributed by atoms with Crippen LogP contribution in [0.3, 0.4) is 0 Å². The molecule has 1 aliphatic heterocycles. The SMILES string of the molecule is c1ccc(-c2cc(N3CCCCC3)nc(NC3CCCCC3)n2)cc1. The van der Waals surface area contributed by atoms with Gasteiger partial charge >= 0.3 is 0 Å². The Morgan fingerprint density at radius 2 is 1.56 bits per heavy atom. The first-order valence-electron chi connectivity index (χ1n) is 9.84. The monoisotopic (exact) mass is 336 g/mol. The summed E-state index contributed by atoms with van der Waals surface area (Å²) in [6, 6.07) is 13.1. The summed E-state index contributed by atoms with van der Waals surface area (Å²) in [6.07, 6.45) is 10.3. The van der Waals surface area contributed by atoms with Crippen LogP contribution in [0.2, 0.25) is 0 Å². The van der Waals surface area contributed by atoms with Crippen molar-refractivity contribution in [2.75, 3.05) is 23.3 Å². The van der Waals surface area contributed by atoms with Crippen LogP contribution in [-0.4, -0.2) is 29.1 Å². The molecule has 1 saturated heterocycles. The van der Waals surface area contributed by atoms with Gasteiger partial charge in [0.1, 0.15) is 5.82 Å². The van der Waals surface area contributed by atoms with E-state index in [0.717, 1.165) is 36.1 Å². The molecule has 0 spiro atoms. The van der Waals surface area contributed by atoms with Crippen LogP contribution >= 0.6 is 0 Å². The molecule has 4 heteroatoms. The maximum absolute atomic E-state index is 4.88. The third kappa shape index (κ3) is 4.12. The second kappa shape index (κ2) is 7.85. The molecule has 1 saturated carbocycles. The van der Waals surface area contributed by atoms with Gasteiger partial charge in [-0.2, -0.15) is 4.98 Å². The Labute approximate surface area is 150 Å². The third-order valence-electron chi connectivity index (χ3n) is 5.40. The lowest BCUT2D eigenvalue weighted by Crippen LogP contribution is -2.31. The lowest BCUT2D eigenvalue weighted by molar-refractivity contribution is 0.461. The van der Waals surface area contributed by atoms with Crippen LogP contribution in [0, 0.1) is 0 Å². The Kier molecular flexibility index (Phi) is 5.14. The average molecular weight is 336 g/mol. The highest BCUT2D eigenvalue weighted by molar-refractivity contribution is 5.65. The topological polar surface area (TPSA) is 41.1 Å². The van der Waals surface area contributed by atoms with Crippen LogP contribution in [0.4, 0.5) is 11.8 Å². The van der Waals surface area contributed by atoms with Gasteiger partial charge in [0.15, 0.2) is 0 Å². The molecule has 0 amide bonds. The van der Waals surface area contributed by atoms with E-state index in [2.05, 4.69) is 46.6 Å². The number of aromatic nitrogens is 2. The van der Waals surface area contributed by atoms with Crippen LogP contribution in [0.15, 0.2) is 36.4 Å². The minimum Gasteiger partial charge on any atom is -0.356 e. The minimum absolute atomic E-state index is 0.522. The number of piperidine rings is 1. The van der Waals surface area contributed by atoms with Crippen molar-refractivity contribution in [2.45, 2.75) is 57.4 Å². The van der Waals surface area contributed by atoms with E-state index in [-0.39, 0.29) is 0 Å². The number of benzene rings is 1. The Morgan fingerprint density at radius 3 is 2.32 bits per heavy atom. The Balaban J connectivity index is 1.64. The molecule has 1 aromatic carbocycles. The maximum atomic E-state index is 4.88. The number of hydrogen-bond acceptors (Lipinski definition) is 4. The second-order valence-electron chi connectivity index (χ2n) is 7.33. The number of hydrogen-bond donors (Lipinski definition) is 1. The molecule has 0 radical (unpaired) electrons.